The number of hydrogen-bond acceptors (Lipinski definition) is 4. The van der Waals surface area contributed by atoms with Gasteiger partial charge < -0.3 is 4.52 Å². The van der Waals surface area contributed by atoms with Crippen LogP contribution in [0, 0.1) is 5.92 Å². The third-order valence-corrected chi connectivity index (χ3v) is 8.00. The van der Waals surface area contributed by atoms with Gasteiger partial charge in [-0.25, -0.2) is 0 Å². The van der Waals surface area contributed by atoms with Crippen molar-refractivity contribution in [1.82, 2.24) is 5.06 Å². The summed E-state index contributed by atoms with van der Waals surface area (Å²) in [5, 5.41) is 2.71. The maximum absolute atomic E-state index is 14.5. The van der Waals surface area contributed by atoms with E-state index >= 15 is 0 Å². The molecule has 3 rings (SSSR count). The second-order valence-corrected chi connectivity index (χ2v) is 9.66. The van der Waals surface area contributed by atoms with Crippen LogP contribution in [0.15, 0.2) is 48.5 Å². The molecule has 0 saturated carbocycles. The minimum Gasteiger partial charge on any atom is -0.438 e. The molecule has 0 spiro atoms. The van der Waals surface area contributed by atoms with Crippen LogP contribution >= 0.6 is 7.37 Å². The highest BCUT2D eigenvalue weighted by Crippen LogP contribution is 2.60. The van der Waals surface area contributed by atoms with Gasteiger partial charge in [-0.3, -0.25) is 9.40 Å². The zero-order valence-corrected chi connectivity index (χ0v) is 17.6. The van der Waals surface area contributed by atoms with E-state index in [0.29, 0.717) is 12.4 Å². The fourth-order valence-electron chi connectivity index (χ4n) is 3.78. The third-order valence-electron chi connectivity index (χ3n) is 4.92. The molecule has 0 aliphatic carbocycles. The topological polar surface area (TPSA) is 38.8 Å². The number of hydrogen-bond donors (Lipinski definition) is 0. The van der Waals surface area contributed by atoms with Gasteiger partial charge >= 0.3 is 0 Å². The molecule has 1 aliphatic rings. The molecule has 0 bridgehead atoms. The van der Waals surface area contributed by atoms with E-state index in [2.05, 4.69) is 20.8 Å². The second-order valence-electron chi connectivity index (χ2n) is 7.27. The molecular formula is C22H30NO3P. The lowest BCUT2D eigenvalue weighted by atomic mass is 10.0. The fourth-order valence-corrected chi connectivity index (χ4v) is 6.85. The van der Waals surface area contributed by atoms with Crippen LogP contribution < -0.4 is 9.83 Å². The van der Waals surface area contributed by atoms with Crippen LogP contribution in [-0.2, 0) is 9.40 Å². The van der Waals surface area contributed by atoms with E-state index in [-0.39, 0.29) is 11.7 Å². The van der Waals surface area contributed by atoms with Crippen molar-refractivity contribution in [2.24, 2.45) is 5.92 Å². The summed E-state index contributed by atoms with van der Waals surface area (Å²) >= 11 is 0. The highest BCUT2D eigenvalue weighted by Gasteiger charge is 2.47. The first-order chi connectivity index (χ1) is 13.0. The van der Waals surface area contributed by atoms with Crippen molar-refractivity contribution in [3.63, 3.8) is 0 Å². The predicted molar refractivity (Wildman–Crippen MR) is 112 cm³/mol. The van der Waals surface area contributed by atoms with E-state index in [1.54, 1.807) is 0 Å². The molecule has 146 valence electrons. The number of benzene rings is 2. The molecule has 0 aromatic heterocycles. The first kappa shape index (κ1) is 20.1. The molecule has 5 heteroatoms. The molecule has 1 heterocycles. The Bertz CT molecular complexity index is 821. The van der Waals surface area contributed by atoms with Crippen LogP contribution in [-0.4, -0.2) is 24.0 Å². The molecule has 0 fully saturated rings. The zero-order chi connectivity index (χ0) is 19.4. The number of hydroxylamine groups is 2. The minimum atomic E-state index is -3.23. The maximum Gasteiger partial charge on any atom is 0.297 e. The van der Waals surface area contributed by atoms with Crippen LogP contribution in [0.1, 0.15) is 40.5 Å². The third kappa shape index (κ3) is 3.85. The second kappa shape index (κ2) is 8.60. The van der Waals surface area contributed by atoms with Gasteiger partial charge in [0.05, 0.1) is 11.9 Å². The smallest absolute Gasteiger partial charge is 0.297 e. The SMILES string of the molecule is CCCCN(OCC)C(C(C)C)P1(=O)Oc2ccccc2-c2ccccc21. The van der Waals surface area contributed by atoms with Gasteiger partial charge in [0.25, 0.3) is 7.37 Å². The van der Waals surface area contributed by atoms with Crippen molar-refractivity contribution >= 4 is 12.7 Å². The van der Waals surface area contributed by atoms with E-state index < -0.39 is 7.37 Å². The van der Waals surface area contributed by atoms with Gasteiger partial charge in [0.2, 0.25) is 0 Å². The van der Waals surface area contributed by atoms with Gasteiger partial charge in [0, 0.05) is 12.1 Å². The van der Waals surface area contributed by atoms with Gasteiger partial charge in [-0.1, -0.05) is 63.6 Å². The molecule has 0 radical (unpaired) electrons. The molecule has 27 heavy (non-hydrogen) atoms. The largest absolute Gasteiger partial charge is 0.438 e. The Morgan fingerprint density at radius 3 is 2.37 bits per heavy atom. The molecule has 0 amide bonds. The monoisotopic (exact) mass is 387 g/mol. The highest BCUT2D eigenvalue weighted by molar-refractivity contribution is 7.68. The highest BCUT2D eigenvalue weighted by atomic mass is 31.2. The predicted octanol–water partition coefficient (Wildman–Crippen LogP) is 5.69. The Morgan fingerprint density at radius 2 is 1.70 bits per heavy atom. The van der Waals surface area contributed by atoms with Gasteiger partial charge in [-0.15, -0.1) is 0 Å². The van der Waals surface area contributed by atoms with Gasteiger partial charge in [0.15, 0.2) is 0 Å². The molecule has 2 unspecified atom stereocenters. The summed E-state index contributed by atoms with van der Waals surface area (Å²) in [4.78, 5) is 5.97. The lowest BCUT2D eigenvalue weighted by Crippen LogP contribution is -2.43. The molecule has 2 aromatic rings. The number of nitrogens with zero attached hydrogens (tertiary/aromatic N) is 1. The lowest BCUT2D eigenvalue weighted by Gasteiger charge is -2.40. The van der Waals surface area contributed by atoms with Gasteiger partial charge in [-0.05, 0) is 37.0 Å². The summed E-state index contributed by atoms with van der Waals surface area (Å²) in [7, 11) is -3.23. The zero-order valence-electron chi connectivity index (χ0n) is 16.7. The summed E-state index contributed by atoms with van der Waals surface area (Å²) in [5.41, 5.74) is 2.00. The Labute approximate surface area is 162 Å². The van der Waals surface area contributed by atoms with Gasteiger partial charge in [-0.2, -0.15) is 5.06 Å². The van der Waals surface area contributed by atoms with Crippen molar-refractivity contribution in [3.8, 4) is 16.9 Å². The van der Waals surface area contributed by atoms with Crippen molar-refractivity contribution in [2.75, 3.05) is 13.2 Å². The van der Waals surface area contributed by atoms with Crippen LogP contribution in [0.2, 0.25) is 0 Å². The molecule has 1 aliphatic heterocycles. The van der Waals surface area contributed by atoms with E-state index in [0.717, 1.165) is 35.8 Å². The fraction of sp³-hybridized carbons (Fsp3) is 0.455. The molecule has 4 nitrogen and oxygen atoms in total. The average molecular weight is 387 g/mol. The first-order valence-electron chi connectivity index (χ1n) is 9.90. The Balaban J connectivity index is 2.13. The average Bonchev–Trinajstić information content (AvgIpc) is 2.66. The molecular weight excluding hydrogens is 357 g/mol. The van der Waals surface area contributed by atoms with Crippen LogP contribution in [0.5, 0.6) is 5.75 Å². The van der Waals surface area contributed by atoms with E-state index in [4.69, 9.17) is 9.36 Å². The first-order valence-corrected chi connectivity index (χ1v) is 11.6. The summed E-state index contributed by atoms with van der Waals surface area (Å²) in [6.07, 6.45) is 2.04. The lowest BCUT2D eigenvalue weighted by molar-refractivity contribution is -0.174. The molecule has 2 aromatic carbocycles. The van der Waals surface area contributed by atoms with Crippen LogP contribution in [0.25, 0.3) is 11.1 Å². The standard InChI is InChI=1S/C22H30NO3P/c1-5-7-16-23(25-6-2)22(17(3)4)27(24)21-15-11-9-13-19(21)18-12-8-10-14-20(18)26-27/h8-15,17,22H,5-7,16H2,1-4H3. The number of para-hydroxylation sites is 1. The normalized spacial score (nSPS) is 19.5. The molecule has 0 saturated heterocycles. The summed E-state index contributed by atoms with van der Waals surface area (Å²) in [6, 6.07) is 15.8. The minimum absolute atomic E-state index is 0.109. The van der Waals surface area contributed by atoms with Crippen LogP contribution in [0.3, 0.4) is 0 Å². The summed E-state index contributed by atoms with van der Waals surface area (Å²) in [5.74, 6) is 0.466. The molecule has 0 N–H and O–H groups in total. The Kier molecular flexibility index (Phi) is 6.41. The van der Waals surface area contributed by atoms with Crippen LogP contribution in [0.4, 0.5) is 0 Å². The Hall–Kier alpha value is -1.61. The van der Waals surface area contributed by atoms with Crippen molar-refractivity contribution < 1.29 is 13.9 Å². The van der Waals surface area contributed by atoms with Crippen molar-refractivity contribution in [2.45, 2.75) is 46.3 Å². The van der Waals surface area contributed by atoms with E-state index in [1.807, 2.05) is 60.5 Å². The number of unbranched alkanes of at least 4 members (excludes halogenated alkanes) is 1. The number of fused-ring (bicyclic) bond motifs is 3. The van der Waals surface area contributed by atoms with Gasteiger partial charge in [0.1, 0.15) is 11.5 Å². The quantitative estimate of drug-likeness (QED) is 0.431. The number of rotatable bonds is 8. The van der Waals surface area contributed by atoms with E-state index in [9.17, 15) is 4.57 Å². The maximum atomic E-state index is 14.5. The molecule has 2 atom stereocenters. The van der Waals surface area contributed by atoms with Crippen molar-refractivity contribution in [3.05, 3.63) is 48.5 Å². The van der Waals surface area contributed by atoms with E-state index in [1.165, 1.54) is 0 Å². The summed E-state index contributed by atoms with van der Waals surface area (Å²) < 4.78 is 20.8. The summed E-state index contributed by atoms with van der Waals surface area (Å²) in [6.45, 7) is 9.59. The Morgan fingerprint density at radius 1 is 1.04 bits per heavy atom. The van der Waals surface area contributed by atoms with Crippen molar-refractivity contribution in [1.29, 1.82) is 0 Å².